The first-order valence-corrected chi connectivity index (χ1v) is 13.5. The summed E-state index contributed by atoms with van der Waals surface area (Å²) in [4.78, 5) is 20.3. The fourth-order valence-corrected chi connectivity index (χ4v) is 6.92. The fourth-order valence-electron chi connectivity index (χ4n) is 4.12. The Labute approximate surface area is 206 Å². The molecule has 1 saturated heterocycles. The van der Waals surface area contributed by atoms with Crippen molar-refractivity contribution in [1.29, 1.82) is 0 Å². The molecule has 1 aliphatic rings. The van der Waals surface area contributed by atoms with Gasteiger partial charge >= 0.3 is 0 Å². The molecule has 0 spiro atoms. The van der Waals surface area contributed by atoms with Gasteiger partial charge in [0, 0.05) is 18.1 Å². The van der Waals surface area contributed by atoms with E-state index in [1.807, 2.05) is 12.1 Å². The van der Waals surface area contributed by atoms with E-state index in [4.69, 9.17) is 16.0 Å². The molecule has 1 amide bonds. The summed E-state index contributed by atoms with van der Waals surface area (Å²) in [6.45, 7) is 0.724. The van der Waals surface area contributed by atoms with E-state index >= 15 is 0 Å². The van der Waals surface area contributed by atoms with Crippen molar-refractivity contribution in [3.05, 3.63) is 77.7 Å². The summed E-state index contributed by atoms with van der Waals surface area (Å²) in [5, 5.41) is 1.13. The number of rotatable bonds is 6. The average Bonchev–Trinajstić information content (AvgIpc) is 3.52. The number of hydrogen-bond donors (Lipinski definition) is 0. The van der Waals surface area contributed by atoms with Crippen molar-refractivity contribution in [2.75, 3.05) is 18.0 Å². The van der Waals surface area contributed by atoms with E-state index in [0.29, 0.717) is 35.3 Å². The number of carbonyl (C=O) groups excluding carboxylic acids is 1. The summed E-state index contributed by atoms with van der Waals surface area (Å²) in [6, 6.07) is 17.3. The van der Waals surface area contributed by atoms with Gasteiger partial charge in [-0.2, -0.15) is 4.31 Å². The Bertz CT molecular complexity index is 1400. The second-order valence-corrected chi connectivity index (χ2v) is 11.5. The minimum atomic E-state index is -3.68. The van der Waals surface area contributed by atoms with Crippen LogP contribution in [0.4, 0.5) is 5.13 Å². The van der Waals surface area contributed by atoms with Crippen LogP contribution in [0.3, 0.4) is 0 Å². The van der Waals surface area contributed by atoms with Crippen LogP contribution in [-0.2, 0) is 21.4 Å². The van der Waals surface area contributed by atoms with Crippen LogP contribution < -0.4 is 4.90 Å². The molecule has 5 rings (SSSR count). The minimum Gasteiger partial charge on any atom is -0.467 e. The maximum atomic E-state index is 13.8. The maximum absolute atomic E-state index is 13.8. The van der Waals surface area contributed by atoms with Gasteiger partial charge in [0.25, 0.3) is 0 Å². The van der Waals surface area contributed by atoms with Gasteiger partial charge in [-0.15, -0.1) is 0 Å². The third kappa shape index (κ3) is 4.61. The monoisotopic (exact) mass is 515 g/mol. The van der Waals surface area contributed by atoms with Crippen LogP contribution in [0.5, 0.6) is 0 Å². The number of benzene rings is 2. The number of aromatic nitrogens is 1. The molecule has 1 unspecified atom stereocenters. The summed E-state index contributed by atoms with van der Waals surface area (Å²) >= 11 is 7.51. The highest BCUT2D eigenvalue weighted by atomic mass is 35.5. The number of amides is 1. The van der Waals surface area contributed by atoms with Crippen molar-refractivity contribution < 1.29 is 17.6 Å². The number of nitrogens with zero attached hydrogens (tertiary/aromatic N) is 3. The summed E-state index contributed by atoms with van der Waals surface area (Å²) in [6.07, 6.45) is 2.77. The van der Waals surface area contributed by atoms with Gasteiger partial charge in [-0.25, -0.2) is 13.4 Å². The van der Waals surface area contributed by atoms with E-state index < -0.39 is 15.9 Å². The molecule has 2 aromatic heterocycles. The Kier molecular flexibility index (Phi) is 6.44. The van der Waals surface area contributed by atoms with E-state index in [0.717, 1.165) is 10.2 Å². The molecular weight excluding hydrogens is 494 g/mol. The number of anilines is 1. The molecule has 0 bridgehead atoms. The predicted octanol–water partition coefficient (Wildman–Crippen LogP) is 5.18. The standard InChI is InChI=1S/C24H22ClN3O4S2/c25-18-10-11-21-22(14-18)33-24(26-21)28(16-19-7-5-13-32-19)23(29)17-6-4-12-27(15-17)34(30,31)20-8-2-1-3-9-20/h1-3,5,7-11,13-14,17H,4,6,12,15-16H2. The number of sulfonamides is 1. The number of hydrogen-bond acceptors (Lipinski definition) is 6. The molecule has 1 aliphatic heterocycles. The van der Waals surface area contributed by atoms with Gasteiger partial charge in [0.2, 0.25) is 15.9 Å². The van der Waals surface area contributed by atoms with Gasteiger partial charge < -0.3 is 4.42 Å². The Hall–Kier alpha value is -2.72. The number of carbonyl (C=O) groups is 1. The molecule has 10 heteroatoms. The minimum absolute atomic E-state index is 0.126. The third-order valence-corrected chi connectivity index (χ3v) is 9.00. The van der Waals surface area contributed by atoms with Crippen LogP contribution in [0.25, 0.3) is 10.2 Å². The zero-order valence-electron chi connectivity index (χ0n) is 18.1. The van der Waals surface area contributed by atoms with Gasteiger partial charge in [-0.1, -0.05) is 41.1 Å². The van der Waals surface area contributed by atoms with E-state index in [1.54, 1.807) is 59.7 Å². The van der Waals surface area contributed by atoms with Crippen LogP contribution in [-0.4, -0.2) is 36.7 Å². The largest absolute Gasteiger partial charge is 0.467 e. The first-order valence-electron chi connectivity index (χ1n) is 10.9. The van der Waals surface area contributed by atoms with Crippen LogP contribution >= 0.6 is 22.9 Å². The molecule has 176 valence electrons. The van der Waals surface area contributed by atoms with Crippen molar-refractivity contribution in [2.45, 2.75) is 24.3 Å². The lowest BCUT2D eigenvalue weighted by Crippen LogP contribution is -2.46. The molecule has 0 radical (unpaired) electrons. The molecule has 0 aliphatic carbocycles. The lowest BCUT2D eigenvalue weighted by atomic mass is 9.98. The zero-order chi connectivity index (χ0) is 23.7. The van der Waals surface area contributed by atoms with E-state index in [2.05, 4.69) is 4.98 Å². The normalized spacial score (nSPS) is 17.1. The first-order chi connectivity index (χ1) is 16.4. The molecule has 4 aromatic rings. The molecule has 0 saturated carbocycles. The number of halogens is 1. The van der Waals surface area contributed by atoms with Crippen LogP contribution in [0.15, 0.2) is 76.2 Å². The predicted molar refractivity (Wildman–Crippen MR) is 132 cm³/mol. The van der Waals surface area contributed by atoms with Crippen molar-refractivity contribution in [3.63, 3.8) is 0 Å². The Balaban J connectivity index is 1.44. The number of thiazole rings is 1. The topological polar surface area (TPSA) is 83.7 Å². The highest BCUT2D eigenvalue weighted by Crippen LogP contribution is 2.34. The van der Waals surface area contributed by atoms with Gasteiger partial charge in [0.15, 0.2) is 5.13 Å². The van der Waals surface area contributed by atoms with Gasteiger partial charge in [0.05, 0.1) is 33.8 Å². The molecule has 1 fully saturated rings. The third-order valence-electron chi connectivity index (χ3n) is 5.84. The second kappa shape index (κ2) is 9.50. The fraction of sp³-hybridized carbons (Fsp3) is 0.250. The van der Waals surface area contributed by atoms with Crippen LogP contribution in [0.2, 0.25) is 5.02 Å². The van der Waals surface area contributed by atoms with E-state index in [-0.39, 0.29) is 23.9 Å². The quantitative estimate of drug-likeness (QED) is 0.353. The Morgan fingerprint density at radius 2 is 2.00 bits per heavy atom. The average molecular weight is 516 g/mol. The highest BCUT2D eigenvalue weighted by molar-refractivity contribution is 7.89. The smallest absolute Gasteiger partial charge is 0.243 e. The molecule has 0 N–H and O–H groups in total. The lowest BCUT2D eigenvalue weighted by molar-refractivity contribution is -0.123. The molecule has 1 atom stereocenters. The molecular formula is C24H22ClN3O4S2. The number of fused-ring (bicyclic) bond motifs is 1. The number of piperidine rings is 1. The van der Waals surface area contributed by atoms with Gasteiger partial charge in [0.1, 0.15) is 5.76 Å². The first kappa shape index (κ1) is 23.0. The highest BCUT2D eigenvalue weighted by Gasteiger charge is 2.36. The molecule has 34 heavy (non-hydrogen) atoms. The van der Waals surface area contributed by atoms with E-state index in [9.17, 15) is 13.2 Å². The summed E-state index contributed by atoms with van der Waals surface area (Å²) in [5.41, 5.74) is 0.749. The SMILES string of the molecule is O=C(C1CCCN(S(=O)(=O)c2ccccc2)C1)N(Cc1ccco1)c1nc2ccc(Cl)cc2s1. The zero-order valence-corrected chi connectivity index (χ0v) is 20.5. The maximum Gasteiger partial charge on any atom is 0.243 e. The van der Waals surface area contributed by atoms with Crippen LogP contribution in [0, 0.1) is 5.92 Å². The van der Waals surface area contributed by atoms with Gasteiger partial charge in [-0.05, 0) is 55.3 Å². The number of furan rings is 1. The van der Waals surface area contributed by atoms with E-state index in [1.165, 1.54) is 15.6 Å². The second-order valence-electron chi connectivity index (χ2n) is 8.13. The summed E-state index contributed by atoms with van der Waals surface area (Å²) < 4.78 is 34.1. The van der Waals surface area contributed by atoms with Crippen LogP contribution in [0.1, 0.15) is 18.6 Å². The molecule has 2 aromatic carbocycles. The van der Waals surface area contributed by atoms with Crippen molar-refractivity contribution in [2.24, 2.45) is 5.92 Å². The Morgan fingerprint density at radius 1 is 1.18 bits per heavy atom. The lowest BCUT2D eigenvalue weighted by Gasteiger charge is -2.33. The van der Waals surface area contributed by atoms with Gasteiger partial charge in [-0.3, -0.25) is 9.69 Å². The van der Waals surface area contributed by atoms with Crippen molar-refractivity contribution >= 4 is 54.2 Å². The molecule has 7 nitrogen and oxygen atoms in total. The molecule has 3 heterocycles. The van der Waals surface area contributed by atoms with Crippen molar-refractivity contribution in [3.8, 4) is 0 Å². The summed E-state index contributed by atoms with van der Waals surface area (Å²) in [7, 11) is -3.68. The van der Waals surface area contributed by atoms with Crippen molar-refractivity contribution in [1.82, 2.24) is 9.29 Å². The summed E-state index contributed by atoms with van der Waals surface area (Å²) in [5.74, 6) is -0.0393. The Morgan fingerprint density at radius 3 is 2.76 bits per heavy atom.